The Bertz CT molecular complexity index is 1100. The number of rotatable bonds is 7. The Morgan fingerprint density at radius 3 is 1.81 bits per heavy atom. The van der Waals surface area contributed by atoms with Gasteiger partial charge in [0.1, 0.15) is 5.60 Å². The molecule has 1 atom stereocenters. The van der Waals surface area contributed by atoms with Crippen molar-refractivity contribution < 1.29 is 15.0 Å². The number of hydrogen-bond acceptors (Lipinski definition) is 4. The summed E-state index contributed by atoms with van der Waals surface area (Å²) in [6, 6.07) is 24.5. The maximum atomic E-state index is 12.6. The highest BCUT2D eigenvalue weighted by molar-refractivity contribution is 5.67. The summed E-state index contributed by atoms with van der Waals surface area (Å²) in [5.74, 6) is 0. The first kappa shape index (κ1) is 21.2. The molecule has 0 radical (unpaired) electrons. The average Bonchev–Trinajstić information content (AvgIpc) is 2.86. The van der Waals surface area contributed by atoms with Gasteiger partial charge in [-0.1, -0.05) is 72.8 Å². The normalized spacial score (nSPS) is 12.2. The fraction of sp³-hybridized carbons (Fsp3) is 0.115. The molecule has 0 aliphatic heterocycles. The van der Waals surface area contributed by atoms with Crippen LogP contribution in [0.25, 0.3) is 0 Å². The maximum Gasteiger partial charge on any atom is 0.408 e. The van der Waals surface area contributed by atoms with Gasteiger partial charge in [0.25, 0.3) is 0 Å². The lowest BCUT2D eigenvalue weighted by molar-refractivity contribution is -0.0201. The van der Waals surface area contributed by atoms with E-state index in [1.54, 1.807) is 49.1 Å². The van der Waals surface area contributed by atoms with Gasteiger partial charge < -0.3 is 10.2 Å². The monoisotopic (exact) mass is 425 g/mol. The van der Waals surface area contributed by atoms with Crippen molar-refractivity contribution in [1.82, 2.24) is 14.9 Å². The fourth-order valence-electron chi connectivity index (χ4n) is 3.99. The lowest BCUT2D eigenvalue weighted by Gasteiger charge is -2.42. The van der Waals surface area contributed by atoms with Crippen molar-refractivity contribution in [3.05, 3.63) is 132 Å². The Balaban J connectivity index is 1.95. The number of aromatic nitrogens is 2. The molecule has 0 fully saturated rings. The summed E-state index contributed by atoms with van der Waals surface area (Å²) in [7, 11) is 0. The zero-order valence-electron chi connectivity index (χ0n) is 17.3. The average molecular weight is 425 g/mol. The minimum absolute atomic E-state index is 0.0958. The van der Waals surface area contributed by atoms with Crippen molar-refractivity contribution >= 4 is 6.09 Å². The lowest BCUT2D eigenvalue weighted by Crippen LogP contribution is -2.47. The van der Waals surface area contributed by atoms with Gasteiger partial charge in [-0.3, -0.25) is 14.9 Å². The molecule has 0 aliphatic carbocycles. The molecule has 6 nitrogen and oxygen atoms in total. The molecule has 32 heavy (non-hydrogen) atoms. The molecule has 0 bridgehead atoms. The maximum absolute atomic E-state index is 12.6. The second-order valence-corrected chi connectivity index (χ2v) is 7.46. The van der Waals surface area contributed by atoms with Crippen LogP contribution in [0.15, 0.2) is 110 Å². The van der Waals surface area contributed by atoms with Gasteiger partial charge in [0.2, 0.25) is 0 Å². The number of amides is 1. The van der Waals surface area contributed by atoms with Crippen molar-refractivity contribution in [3.63, 3.8) is 0 Å². The van der Waals surface area contributed by atoms with Gasteiger partial charge in [-0.25, -0.2) is 4.79 Å². The topological polar surface area (TPSA) is 86.5 Å². The van der Waals surface area contributed by atoms with Crippen LogP contribution in [0.2, 0.25) is 0 Å². The van der Waals surface area contributed by atoms with Gasteiger partial charge in [-0.15, -0.1) is 0 Å². The van der Waals surface area contributed by atoms with E-state index in [-0.39, 0.29) is 6.54 Å². The van der Waals surface area contributed by atoms with Gasteiger partial charge in [-0.2, -0.15) is 0 Å². The molecule has 2 aromatic carbocycles. The summed E-state index contributed by atoms with van der Waals surface area (Å²) in [5, 5.41) is 22.7. The quantitative estimate of drug-likeness (QED) is 0.451. The number of aliphatic hydroxyl groups is 1. The first-order chi connectivity index (χ1) is 15.6. The van der Waals surface area contributed by atoms with Crippen LogP contribution in [0.1, 0.15) is 28.3 Å². The van der Waals surface area contributed by atoms with Crippen molar-refractivity contribution in [1.29, 1.82) is 0 Å². The third-order valence-electron chi connectivity index (χ3n) is 5.47. The Kier molecular flexibility index (Phi) is 6.24. The van der Waals surface area contributed by atoms with Crippen LogP contribution in [0.4, 0.5) is 4.79 Å². The van der Waals surface area contributed by atoms with Crippen LogP contribution in [-0.4, -0.2) is 31.2 Å². The Morgan fingerprint density at radius 2 is 1.34 bits per heavy atom. The summed E-state index contributed by atoms with van der Waals surface area (Å²) < 4.78 is 0. The van der Waals surface area contributed by atoms with Gasteiger partial charge >= 0.3 is 6.09 Å². The van der Waals surface area contributed by atoms with E-state index < -0.39 is 17.7 Å². The first-order valence-corrected chi connectivity index (χ1v) is 10.2. The van der Waals surface area contributed by atoms with Crippen LogP contribution in [-0.2, 0) is 12.1 Å². The molecule has 160 valence electrons. The number of nitrogens with zero attached hydrogens (tertiary/aromatic N) is 3. The van der Waals surface area contributed by atoms with Crippen LogP contribution >= 0.6 is 0 Å². The highest BCUT2D eigenvalue weighted by Crippen LogP contribution is 2.44. The molecule has 0 unspecified atom stereocenters. The minimum atomic E-state index is -1.74. The fourth-order valence-corrected chi connectivity index (χ4v) is 3.99. The summed E-state index contributed by atoms with van der Waals surface area (Å²) in [6.07, 6.45) is 5.21. The molecule has 0 spiro atoms. The molecule has 0 aliphatic rings. The van der Waals surface area contributed by atoms with Crippen LogP contribution in [0.3, 0.4) is 0 Å². The van der Waals surface area contributed by atoms with Gasteiger partial charge in [-0.05, 0) is 23.3 Å². The van der Waals surface area contributed by atoms with Crippen LogP contribution in [0, 0.1) is 0 Å². The second-order valence-electron chi connectivity index (χ2n) is 7.46. The van der Waals surface area contributed by atoms with Gasteiger partial charge in [0.05, 0.1) is 6.04 Å². The largest absolute Gasteiger partial charge is 0.465 e. The summed E-state index contributed by atoms with van der Waals surface area (Å²) in [6.45, 7) is 0.0958. The molecular formula is C26H23N3O3. The number of pyridine rings is 2. The number of hydrogen-bond donors (Lipinski definition) is 2. The molecule has 1 amide bonds. The van der Waals surface area contributed by atoms with E-state index in [1.807, 2.05) is 60.7 Å². The molecule has 2 aromatic heterocycles. The molecule has 6 heteroatoms. The van der Waals surface area contributed by atoms with Crippen LogP contribution < -0.4 is 0 Å². The van der Waals surface area contributed by atoms with E-state index in [9.17, 15) is 15.0 Å². The van der Waals surface area contributed by atoms with E-state index in [0.717, 1.165) is 5.56 Å². The van der Waals surface area contributed by atoms with Crippen molar-refractivity contribution in [2.75, 3.05) is 0 Å². The SMILES string of the molecule is O=C(O)N(Cc1ccccc1)[C@H](c1ccccc1)C(O)(c1cccnc1)c1cccnc1. The van der Waals surface area contributed by atoms with E-state index in [2.05, 4.69) is 9.97 Å². The minimum Gasteiger partial charge on any atom is -0.465 e. The predicted octanol–water partition coefficient (Wildman–Crippen LogP) is 4.63. The molecule has 4 aromatic rings. The van der Waals surface area contributed by atoms with E-state index in [4.69, 9.17) is 0 Å². The number of carbonyl (C=O) groups is 1. The number of benzene rings is 2. The molecule has 0 saturated heterocycles. The third kappa shape index (κ3) is 4.22. The van der Waals surface area contributed by atoms with Gasteiger partial charge in [0.15, 0.2) is 0 Å². The van der Waals surface area contributed by atoms with E-state index >= 15 is 0 Å². The van der Waals surface area contributed by atoms with Gasteiger partial charge in [0, 0.05) is 42.5 Å². The van der Waals surface area contributed by atoms with Crippen LogP contribution in [0.5, 0.6) is 0 Å². The zero-order valence-corrected chi connectivity index (χ0v) is 17.3. The summed E-state index contributed by atoms with van der Waals surface area (Å²) >= 11 is 0. The highest BCUT2D eigenvalue weighted by Gasteiger charge is 2.46. The Morgan fingerprint density at radius 1 is 0.812 bits per heavy atom. The molecular weight excluding hydrogens is 402 g/mol. The third-order valence-corrected chi connectivity index (χ3v) is 5.47. The standard InChI is InChI=1S/C26H23N3O3/c30-25(31)29(19-20-9-3-1-4-10-20)24(21-11-5-2-6-12-21)26(32,22-13-7-15-27-17-22)23-14-8-16-28-18-23/h1-18,24,32H,19H2,(H,30,31)/t24-/m1/s1. The highest BCUT2D eigenvalue weighted by atomic mass is 16.4. The number of carboxylic acid groups (broad SMARTS) is 1. The summed E-state index contributed by atoms with van der Waals surface area (Å²) in [5.41, 5.74) is 0.677. The summed E-state index contributed by atoms with van der Waals surface area (Å²) in [4.78, 5) is 22.3. The molecule has 0 saturated carbocycles. The molecule has 2 heterocycles. The second kappa shape index (κ2) is 9.41. The molecule has 4 rings (SSSR count). The predicted molar refractivity (Wildman–Crippen MR) is 121 cm³/mol. The van der Waals surface area contributed by atoms with Crippen molar-refractivity contribution in [2.24, 2.45) is 0 Å². The lowest BCUT2D eigenvalue weighted by atomic mass is 9.77. The van der Waals surface area contributed by atoms with E-state index in [1.165, 1.54) is 4.90 Å². The first-order valence-electron chi connectivity index (χ1n) is 10.2. The molecule has 2 N–H and O–H groups in total. The zero-order chi connectivity index (χ0) is 22.4. The Hall–Kier alpha value is -4.03. The van der Waals surface area contributed by atoms with E-state index in [0.29, 0.717) is 16.7 Å². The smallest absolute Gasteiger partial charge is 0.408 e. The van der Waals surface area contributed by atoms with Crippen molar-refractivity contribution in [2.45, 2.75) is 18.2 Å². The van der Waals surface area contributed by atoms with Crippen molar-refractivity contribution in [3.8, 4) is 0 Å². The Labute approximate surface area is 186 Å².